The van der Waals surface area contributed by atoms with Crippen LogP contribution >= 0.6 is 23.2 Å². The van der Waals surface area contributed by atoms with Gasteiger partial charge < -0.3 is 52.5 Å². The van der Waals surface area contributed by atoms with Crippen LogP contribution in [0.2, 0.25) is 0 Å². The lowest BCUT2D eigenvalue weighted by Gasteiger charge is -2.29. The number of hydrogen-bond acceptors (Lipinski definition) is 19. The van der Waals surface area contributed by atoms with Gasteiger partial charge in [0.25, 0.3) is 0 Å². The molecule has 29 heteroatoms. The normalized spacial score (nSPS) is 23.0. The first-order valence-corrected chi connectivity index (χ1v) is 26.5. The fraction of sp³-hybridized carbons (Fsp3) is 0.429. The van der Waals surface area contributed by atoms with Crippen molar-refractivity contribution in [3.05, 3.63) is 144 Å². The number of hydrogen-bond donors (Lipinski definition) is 1. The van der Waals surface area contributed by atoms with Crippen molar-refractivity contribution in [3.63, 3.8) is 0 Å². The number of halogens is 10. The smallest absolute Gasteiger partial charge is 0.382 e. The molecule has 8 rings (SSSR count). The molecule has 0 amide bonds. The van der Waals surface area contributed by atoms with Crippen molar-refractivity contribution in [1.82, 2.24) is 0 Å². The second kappa shape index (κ2) is 31.1. The Kier molecular flexibility index (Phi) is 25.6. The predicted octanol–water partition coefficient (Wildman–Crippen LogP) is 9.11. The summed E-state index contributed by atoms with van der Waals surface area (Å²) in [5.41, 5.74) is 0.430. The van der Waals surface area contributed by atoms with Gasteiger partial charge in [-0.15, -0.1) is 23.2 Å². The number of esters is 8. The molecule has 0 aromatic heterocycles. The van der Waals surface area contributed by atoms with Gasteiger partial charge in [0.15, 0.2) is 11.9 Å². The third-order valence-corrected chi connectivity index (χ3v) is 11.9. The van der Waals surface area contributed by atoms with E-state index in [9.17, 15) is 73.5 Å². The summed E-state index contributed by atoms with van der Waals surface area (Å²) in [5, 5.41) is 9.06. The Morgan fingerprint density at radius 2 is 0.871 bits per heavy atom. The van der Waals surface area contributed by atoms with Crippen LogP contribution in [0, 0.1) is 0 Å². The first-order valence-electron chi connectivity index (χ1n) is 25.4. The molecule has 4 saturated heterocycles. The fourth-order valence-electron chi connectivity index (χ4n) is 7.68. The molecular formula is C56H56Cl2F8O19. The largest absolute Gasteiger partial charge is 0.461 e. The molecule has 4 aliphatic heterocycles. The summed E-state index contributed by atoms with van der Waals surface area (Å²) in [5.74, 6) is -27.5. The van der Waals surface area contributed by atoms with Crippen molar-refractivity contribution in [1.29, 1.82) is 0 Å². The Morgan fingerprint density at radius 3 is 1.15 bits per heavy atom. The molecule has 3 unspecified atom stereocenters. The minimum absolute atomic E-state index is 0.0642. The van der Waals surface area contributed by atoms with Crippen LogP contribution in [-0.2, 0) is 66.5 Å². The van der Waals surface area contributed by atoms with Crippen LogP contribution in [-0.4, -0.2) is 156 Å². The maximum atomic E-state index is 14.6. The van der Waals surface area contributed by atoms with Gasteiger partial charge in [0.05, 0.1) is 47.4 Å². The Morgan fingerprint density at radius 1 is 0.565 bits per heavy atom. The monoisotopic (exact) mass is 1250 g/mol. The summed E-state index contributed by atoms with van der Waals surface area (Å²) < 4.78 is 158. The third-order valence-electron chi connectivity index (χ3n) is 11.9. The highest BCUT2D eigenvalue weighted by Gasteiger charge is 2.64. The molecule has 4 aliphatic rings. The van der Waals surface area contributed by atoms with Crippen molar-refractivity contribution in [2.45, 2.75) is 126 Å². The average Bonchev–Trinajstić information content (AvgIpc) is 3.44. The third kappa shape index (κ3) is 18.3. The zero-order valence-corrected chi connectivity index (χ0v) is 47.0. The molecular weight excluding hydrogens is 1200 g/mol. The summed E-state index contributed by atoms with van der Waals surface area (Å²) in [6, 6.07) is 30.6. The Labute approximate surface area is 489 Å². The molecule has 85 heavy (non-hydrogen) atoms. The van der Waals surface area contributed by atoms with Crippen molar-refractivity contribution in [3.8, 4) is 0 Å². The van der Waals surface area contributed by atoms with Crippen LogP contribution in [0.25, 0.3) is 0 Å². The van der Waals surface area contributed by atoms with Crippen LogP contribution in [0.1, 0.15) is 88.9 Å². The molecule has 4 aromatic rings. The summed E-state index contributed by atoms with van der Waals surface area (Å²) in [6.07, 6.45) is -12.9. The quantitative estimate of drug-likeness (QED) is 0.0504. The molecule has 4 heterocycles. The van der Waals surface area contributed by atoms with Crippen LogP contribution < -0.4 is 0 Å². The van der Waals surface area contributed by atoms with Crippen LogP contribution in [0.15, 0.2) is 121 Å². The van der Waals surface area contributed by atoms with E-state index in [1.807, 2.05) is 0 Å². The lowest BCUT2D eigenvalue weighted by Crippen LogP contribution is -2.52. The Bertz CT molecular complexity index is 2660. The molecule has 0 radical (unpaired) electrons. The molecule has 4 aromatic carbocycles. The van der Waals surface area contributed by atoms with Crippen molar-refractivity contribution in [2.24, 2.45) is 0 Å². The minimum atomic E-state index is -4.09. The molecule has 19 nitrogen and oxygen atoms in total. The number of ether oxygens (including phenoxy) is 10. The highest BCUT2D eigenvalue weighted by Crippen LogP contribution is 2.39. The van der Waals surface area contributed by atoms with Gasteiger partial charge in [-0.2, -0.15) is 35.1 Å². The standard InChI is InChI=1S/C17H20F2O6.2C13H12F2O4.C12H10F2O5.CH2Cl2/c1-4-22-15(21)17(18,19)13(12-10-23-16(2,3)25-12)24-14(20)11-8-6-5-7-9-11;2*1-2-9-10(13(14,15)12(17)18-9)19-11(16)8-6-4-3-5-7-8;13-12(14)9(8(6-15)18-11(12)17)19-10(16)7-4-2-1-3-5-7;2-1-3/h5-9,12-13H,4,10H2,1-3H3;2*3-7,9-10H,2H2,1H3;1-5,8-9,15H,6H2;1H2/t12-,13?;9-,10?;9-,10+;8-,9?;/m1111./s1. The SMILES string of the molecule is CCOC(=O)C(F)(F)C(OC(=O)c1ccccc1)[C@H]1COC(C)(C)O1.CC[C@H]1OC(=O)C(F)(F)C1OC(=O)c1ccccc1.CC[C@H]1OC(=O)C(F)(F)[C@H]1OC(=O)c1ccccc1.ClCCl.O=C(OC1[C@@H](CO)OC(=O)C1(F)F)c1ccccc1. The van der Waals surface area contributed by atoms with Gasteiger partial charge in [0.2, 0.25) is 24.4 Å². The molecule has 464 valence electrons. The molecule has 1 N–H and O–H groups in total. The fourth-order valence-corrected chi connectivity index (χ4v) is 7.68. The lowest BCUT2D eigenvalue weighted by atomic mass is 10.1. The summed E-state index contributed by atoms with van der Waals surface area (Å²) in [6.45, 7) is 6.27. The zero-order valence-electron chi connectivity index (χ0n) is 45.5. The van der Waals surface area contributed by atoms with E-state index in [1.165, 1.54) is 81.4 Å². The molecule has 4 fully saturated rings. The first kappa shape index (κ1) is 70.0. The number of alkyl halides is 10. The van der Waals surface area contributed by atoms with Gasteiger partial charge in [-0.05, 0) is 82.1 Å². The average molecular weight is 1260 g/mol. The number of aliphatic hydroxyl groups is 1. The number of cyclic esters (lactones) is 3. The number of carbonyl (C=O) groups excluding carboxylic acids is 8. The second-order valence-corrected chi connectivity index (χ2v) is 19.1. The summed E-state index contributed by atoms with van der Waals surface area (Å²) in [4.78, 5) is 92.0. The maximum Gasteiger partial charge on any atom is 0.382 e. The van der Waals surface area contributed by atoms with Gasteiger partial charge in [-0.1, -0.05) is 86.6 Å². The van der Waals surface area contributed by atoms with Crippen molar-refractivity contribution >= 4 is 71.0 Å². The van der Waals surface area contributed by atoms with Crippen molar-refractivity contribution in [2.75, 3.05) is 25.2 Å². The van der Waals surface area contributed by atoms with E-state index in [4.69, 9.17) is 52.0 Å². The first-order chi connectivity index (χ1) is 40.0. The number of aliphatic hydroxyl groups excluding tert-OH is 1. The van der Waals surface area contributed by atoms with E-state index in [0.29, 0.717) is 0 Å². The van der Waals surface area contributed by atoms with Crippen molar-refractivity contribution < 1.29 is 126 Å². The molecule has 8 atom stereocenters. The number of carbonyl (C=O) groups is 8. The molecule has 0 saturated carbocycles. The molecule has 0 spiro atoms. The van der Waals surface area contributed by atoms with Gasteiger partial charge in [-0.3, -0.25) is 0 Å². The van der Waals surface area contributed by atoms with Crippen LogP contribution in [0.4, 0.5) is 35.1 Å². The molecule has 0 bridgehead atoms. The van der Waals surface area contributed by atoms with E-state index in [2.05, 4.69) is 23.7 Å². The summed E-state index contributed by atoms with van der Waals surface area (Å²) in [7, 11) is 0. The van der Waals surface area contributed by atoms with E-state index in [-0.39, 0.29) is 53.6 Å². The van der Waals surface area contributed by atoms with Gasteiger partial charge >= 0.3 is 71.4 Å². The van der Waals surface area contributed by atoms with Gasteiger partial charge in [0.1, 0.15) is 18.3 Å². The highest BCUT2D eigenvalue weighted by molar-refractivity contribution is 6.40. The predicted molar refractivity (Wildman–Crippen MR) is 278 cm³/mol. The Hall–Kier alpha value is -7.46. The van der Waals surface area contributed by atoms with E-state index < -0.39 is 133 Å². The highest BCUT2D eigenvalue weighted by atomic mass is 35.5. The van der Waals surface area contributed by atoms with E-state index in [1.54, 1.807) is 74.5 Å². The van der Waals surface area contributed by atoms with Crippen LogP contribution in [0.3, 0.4) is 0 Å². The number of rotatable bonds is 15. The van der Waals surface area contributed by atoms with Gasteiger partial charge in [-0.25, -0.2) is 38.4 Å². The van der Waals surface area contributed by atoms with Crippen LogP contribution in [0.5, 0.6) is 0 Å². The molecule has 0 aliphatic carbocycles. The number of benzene rings is 4. The zero-order chi connectivity index (χ0) is 63.5. The topological polar surface area (TPSA) is 249 Å². The second-order valence-electron chi connectivity index (χ2n) is 18.3. The lowest BCUT2D eigenvalue weighted by molar-refractivity contribution is -0.210. The minimum Gasteiger partial charge on any atom is -0.461 e. The van der Waals surface area contributed by atoms with E-state index in [0.717, 1.165) is 0 Å². The van der Waals surface area contributed by atoms with Gasteiger partial charge in [0, 0.05) is 0 Å². The Balaban J connectivity index is 0.000000241. The maximum absolute atomic E-state index is 14.6. The van der Waals surface area contributed by atoms with E-state index >= 15 is 0 Å². The summed E-state index contributed by atoms with van der Waals surface area (Å²) >= 11 is 9.53.